The fraction of sp³-hybridized carbons (Fsp3) is 0.435. The molecule has 2 aliphatic rings. The van der Waals surface area contributed by atoms with Crippen LogP contribution in [0, 0.1) is 11.7 Å². The van der Waals surface area contributed by atoms with Gasteiger partial charge in [-0.1, -0.05) is 6.07 Å². The van der Waals surface area contributed by atoms with E-state index in [2.05, 4.69) is 0 Å². The molecule has 34 heavy (non-hydrogen) atoms. The highest BCUT2D eigenvalue weighted by Gasteiger charge is 2.36. The van der Waals surface area contributed by atoms with Crippen LogP contribution in [0.15, 0.2) is 53.4 Å². The molecule has 6 nitrogen and oxygen atoms in total. The van der Waals surface area contributed by atoms with Gasteiger partial charge in [0.25, 0.3) is 0 Å². The summed E-state index contributed by atoms with van der Waals surface area (Å²) in [7, 11) is -3.84. The van der Waals surface area contributed by atoms with Gasteiger partial charge < -0.3 is 9.80 Å². The zero-order chi connectivity index (χ0) is 24.5. The van der Waals surface area contributed by atoms with E-state index >= 15 is 0 Å². The number of piperazine rings is 1. The molecule has 4 rings (SSSR count). The van der Waals surface area contributed by atoms with Gasteiger partial charge in [0, 0.05) is 45.0 Å². The average Bonchev–Trinajstić information content (AvgIpc) is 2.83. The molecule has 2 aromatic carbocycles. The number of halogens is 4. The summed E-state index contributed by atoms with van der Waals surface area (Å²) in [5, 5.41) is 0. The molecule has 0 unspecified atom stereocenters. The van der Waals surface area contributed by atoms with Crippen LogP contribution in [-0.2, 0) is 21.0 Å². The molecule has 1 atom stereocenters. The van der Waals surface area contributed by atoms with E-state index in [1.165, 1.54) is 22.5 Å². The molecule has 0 spiro atoms. The summed E-state index contributed by atoms with van der Waals surface area (Å²) in [5.41, 5.74) is -0.260. The first-order valence-corrected chi connectivity index (χ1v) is 12.5. The number of nitrogens with zero attached hydrogens (tertiary/aromatic N) is 3. The van der Waals surface area contributed by atoms with Gasteiger partial charge in [-0.25, -0.2) is 12.8 Å². The molecule has 0 saturated carbocycles. The molecule has 0 radical (unpaired) electrons. The molecule has 2 heterocycles. The molecule has 184 valence electrons. The number of hydrogen-bond acceptors (Lipinski definition) is 4. The van der Waals surface area contributed by atoms with E-state index in [0.717, 1.165) is 24.3 Å². The average molecular weight is 500 g/mol. The van der Waals surface area contributed by atoms with Crippen LogP contribution in [0.25, 0.3) is 0 Å². The fourth-order valence-electron chi connectivity index (χ4n) is 4.44. The van der Waals surface area contributed by atoms with Crippen molar-refractivity contribution in [3.05, 3.63) is 59.9 Å². The van der Waals surface area contributed by atoms with Gasteiger partial charge in [0.15, 0.2) is 0 Å². The van der Waals surface area contributed by atoms with Gasteiger partial charge in [-0.2, -0.15) is 17.5 Å². The maximum Gasteiger partial charge on any atom is 0.416 e. The Bertz CT molecular complexity index is 1130. The van der Waals surface area contributed by atoms with Gasteiger partial charge in [-0.15, -0.1) is 0 Å². The van der Waals surface area contributed by atoms with Crippen molar-refractivity contribution in [3.63, 3.8) is 0 Å². The second-order valence-corrected chi connectivity index (χ2v) is 10.5. The van der Waals surface area contributed by atoms with Crippen molar-refractivity contribution in [1.29, 1.82) is 0 Å². The Morgan fingerprint density at radius 3 is 2.26 bits per heavy atom. The van der Waals surface area contributed by atoms with Crippen LogP contribution in [0.5, 0.6) is 0 Å². The number of piperidine rings is 1. The number of anilines is 1. The van der Waals surface area contributed by atoms with Gasteiger partial charge in [0.2, 0.25) is 15.9 Å². The van der Waals surface area contributed by atoms with Crippen LogP contribution in [0.3, 0.4) is 0 Å². The summed E-state index contributed by atoms with van der Waals surface area (Å²) in [6.07, 6.45) is -3.34. The zero-order valence-electron chi connectivity index (χ0n) is 18.3. The van der Waals surface area contributed by atoms with E-state index in [4.69, 9.17) is 0 Å². The highest BCUT2D eigenvalue weighted by molar-refractivity contribution is 7.89. The third-order valence-electron chi connectivity index (χ3n) is 6.31. The standard InChI is InChI=1S/C23H25F4N3O3S/c24-19-6-8-21(9-7-19)34(32,33)30-10-2-3-17(16-30)22(31)29-13-11-28(12-14-29)20-5-1-4-18(15-20)23(25,26)27/h1,4-9,15,17H,2-3,10-14,16H2/t17-/m0/s1. The minimum atomic E-state index is -4.42. The Labute approximate surface area is 195 Å². The Morgan fingerprint density at radius 2 is 1.62 bits per heavy atom. The Morgan fingerprint density at radius 1 is 0.941 bits per heavy atom. The Kier molecular flexibility index (Phi) is 6.86. The maximum atomic E-state index is 13.2. The Hall–Kier alpha value is -2.66. The van der Waals surface area contributed by atoms with Crippen molar-refractivity contribution >= 4 is 21.6 Å². The summed E-state index contributed by atoms with van der Waals surface area (Å²) in [4.78, 5) is 16.6. The van der Waals surface area contributed by atoms with E-state index < -0.39 is 33.5 Å². The second kappa shape index (κ2) is 9.53. The number of rotatable bonds is 4. The predicted octanol–water partition coefficient (Wildman–Crippen LogP) is 3.59. The summed E-state index contributed by atoms with van der Waals surface area (Å²) < 4.78 is 79.4. The minimum Gasteiger partial charge on any atom is -0.368 e. The van der Waals surface area contributed by atoms with Crippen LogP contribution in [-0.4, -0.2) is 62.8 Å². The number of amides is 1. The molecule has 2 aliphatic heterocycles. The first-order chi connectivity index (χ1) is 16.1. The third kappa shape index (κ3) is 5.20. The highest BCUT2D eigenvalue weighted by atomic mass is 32.2. The SMILES string of the molecule is O=C([C@H]1CCCN(S(=O)(=O)c2ccc(F)cc2)C1)N1CCN(c2cccc(C(F)(F)F)c2)CC1. The van der Waals surface area contributed by atoms with Crippen LogP contribution >= 0.6 is 0 Å². The van der Waals surface area contributed by atoms with Crippen molar-refractivity contribution in [2.24, 2.45) is 5.92 Å². The lowest BCUT2D eigenvalue weighted by Gasteiger charge is -2.39. The quantitative estimate of drug-likeness (QED) is 0.604. The first-order valence-electron chi connectivity index (χ1n) is 11.0. The number of hydrogen-bond donors (Lipinski definition) is 0. The summed E-state index contributed by atoms with van der Waals surface area (Å²) in [6, 6.07) is 9.72. The largest absolute Gasteiger partial charge is 0.416 e. The lowest BCUT2D eigenvalue weighted by atomic mass is 9.97. The van der Waals surface area contributed by atoms with E-state index in [1.54, 1.807) is 11.0 Å². The van der Waals surface area contributed by atoms with Crippen molar-refractivity contribution in [2.45, 2.75) is 23.9 Å². The van der Waals surface area contributed by atoms with Crippen molar-refractivity contribution in [2.75, 3.05) is 44.2 Å². The van der Waals surface area contributed by atoms with E-state index in [-0.39, 0.29) is 23.9 Å². The van der Waals surface area contributed by atoms with Crippen LogP contribution < -0.4 is 4.90 Å². The van der Waals surface area contributed by atoms with Gasteiger partial charge in [0.05, 0.1) is 16.4 Å². The molecule has 2 aromatic rings. The minimum absolute atomic E-state index is 0.0169. The lowest BCUT2D eigenvalue weighted by molar-refractivity contribution is -0.137. The number of sulfonamides is 1. The lowest BCUT2D eigenvalue weighted by Crippen LogP contribution is -2.53. The normalized spacial score (nSPS) is 20.4. The van der Waals surface area contributed by atoms with Crippen LogP contribution in [0.4, 0.5) is 23.2 Å². The third-order valence-corrected chi connectivity index (χ3v) is 8.19. The van der Waals surface area contributed by atoms with Gasteiger partial charge in [-0.3, -0.25) is 4.79 Å². The monoisotopic (exact) mass is 499 g/mol. The molecule has 2 saturated heterocycles. The summed E-state index contributed by atoms with van der Waals surface area (Å²) >= 11 is 0. The molecule has 0 aliphatic carbocycles. The topological polar surface area (TPSA) is 60.9 Å². The summed E-state index contributed by atoms with van der Waals surface area (Å²) in [6.45, 7) is 1.79. The molecule has 0 bridgehead atoms. The number of carbonyl (C=O) groups is 1. The van der Waals surface area contributed by atoms with E-state index in [9.17, 15) is 30.8 Å². The van der Waals surface area contributed by atoms with Crippen molar-refractivity contribution in [3.8, 4) is 0 Å². The van der Waals surface area contributed by atoms with Gasteiger partial charge >= 0.3 is 6.18 Å². The van der Waals surface area contributed by atoms with Crippen molar-refractivity contribution < 1.29 is 30.8 Å². The van der Waals surface area contributed by atoms with Crippen molar-refractivity contribution in [1.82, 2.24) is 9.21 Å². The van der Waals surface area contributed by atoms with Gasteiger partial charge in [-0.05, 0) is 55.3 Å². The second-order valence-electron chi connectivity index (χ2n) is 8.52. The van der Waals surface area contributed by atoms with E-state index in [0.29, 0.717) is 44.7 Å². The molecule has 11 heteroatoms. The fourth-order valence-corrected chi connectivity index (χ4v) is 5.96. The van der Waals surface area contributed by atoms with E-state index in [1.807, 2.05) is 4.90 Å². The number of alkyl halides is 3. The van der Waals surface area contributed by atoms with Crippen LogP contribution in [0.2, 0.25) is 0 Å². The number of benzene rings is 2. The molecule has 0 aromatic heterocycles. The van der Waals surface area contributed by atoms with Crippen LogP contribution in [0.1, 0.15) is 18.4 Å². The molecular formula is C23H25F4N3O3S. The zero-order valence-corrected chi connectivity index (χ0v) is 19.2. The molecule has 2 fully saturated rings. The van der Waals surface area contributed by atoms with Gasteiger partial charge in [0.1, 0.15) is 5.82 Å². The molecular weight excluding hydrogens is 474 g/mol. The predicted molar refractivity (Wildman–Crippen MR) is 118 cm³/mol. The highest BCUT2D eigenvalue weighted by Crippen LogP contribution is 2.32. The summed E-state index contributed by atoms with van der Waals surface area (Å²) in [5.74, 6) is -1.18. The number of carbonyl (C=O) groups excluding carboxylic acids is 1. The smallest absolute Gasteiger partial charge is 0.368 e. The maximum absolute atomic E-state index is 13.2. The molecule has 0 N–H and O–H groups in total. The Balaban J connectivity index is 1.38. The first kappa shape index (κ1) is 24.5. The molecule has 1 amide bonds.